The minimum atomic E-state index is -1.29. The van der Waals surface area contributed by atoms with E-state index in [1.54, 1.807) is 6.92 Å². The summed E-state index contributed by atoms with van der Waals surface area (Å²) in [6.45, 7) is 8.88. The molecule has 1 rings (SSSR count). The van der Waals surface area contributed by atoms with E-state index in [4.69, 9.17) is 12.6 Å². The van der Waals surface area contributed by atoms with Crippen LogP contribution in [0.3, 0.4) is 0 Å². The van der Waals surface area contributed by atoms with Crippen LogP contribution in [0.5, 0.6) is 0 Å². The van der Waals surface area contributed by atoms with Gasteiger partial charge in [0.2, 0.25) is 5.34 Å². The van der Waals surface area contributed by atoms with E-state index in [9.17, 15) is 10.2 Å². The predicted octanol–water partition coefficient (Wildman–Crippen LogP) is 2.94. The standard InChI is InChI=1S/C16H32BO3P2/c1-8-22(7,9-2)11-21(6)15(3,4)20-12-10-13(17)16(5,19)14(12)18/h12-14,18-19H,6-11H2,1-5H3/q+1/t12-,13+,14+,16-/m0/s1. The van der Waals surface area contributed by atoms with Crippen LogP contribution in [-0.2, 0) is 4.74 Å². The zero-order valence-corrected chi connectivity index (χ0v) is 16.5. The van der Waals surface area contributed by atoms with Crippen LogP contribution < -0.4 is 0 Å². The van der Waals surface area contributed by atoms with Crippen molar-refractivity contribution < 1.29 is 14.9 Å². The molecule has 0 bridgehead atoms. The highest BCUT2D eigenvalue weighted by Crippen LogP contribution is 2.56. The van der Waals surface area contributed by atoms with E-state index in [0.717, 1.165) is 18.2 Å². The Balaban J connectivity index is 2.80. The van der Waals surface area contributed by atoms with E-state index in [-0.39, 0.29) is 0 Å². The molecule has 0 aromatic rings. The summed E-state index contributed by atoms with van der Waals surface area (Å²) in [4.78, 5) is 0. The third-order valence-corrected chi connectivity index (χ3v) is 13.3. The molecule has 2 radical (unpaired) electrons. The molecule has 1 aliphatic rings. The van der Waals surface area contributed by atoms with Gasteiger partial charge in [0.05, 0.1) is 25.9 Å². The van der Waals surface area contributed by atoms with Crippen LogP contribution in [-0.4, -0.2) is 72.0 Å². The van der Waals surface area contributed by atoms with E-state index >= 15 is 0 Å². The van der Waals surface area contributed by atoms with E-state index in [0.29, 0.717) is 6.42 Å². The van der Waals surface area contributed by atoms with Crippen LogP contribution in [0.25, 0.3) is 0 Å². The van der Waals surface area contributed by atoms with Gasteiger partial charge in [-0.2, -0.15) is 0 Å². The average Bonchev–Trinajstić information content (AvgIpc) is 2.61. The molecule has 2 N–H and O–H groups in total. The van der Waals surface area contributed by atoms with Gasteiger partial charge < -0.3 is 14.9 Å². The van der Waals surface area contributed by atoms with Gasteiger partial charge in [-0.25, -0.2) is 0 Å². The molecule has 126 valence electrons. The number of aliphatic hydroxyl groups is 2. The number of ether oxygens (including phenoxy) is 1. The minimum absolute atomic E-state index is 0.422. The van der Waals surface area contributed by atoms with E-state index in [2.05, 4.69) is 26.4 Å². The normalized spacial score (nSPS) is 34.0. The van der Waals surface area contributed by atoms with Crippen LogP contribution in [0.15, 0.2) is 0 Å². The van der Waals surface area contributed by atoms with Crippen LogP contribution in [0, 0.1) is 0 Å². The zero-order chi connectivity index (χ0) is 17.3. The first-order valence-electron chi connectivity index (χ1n) is 8.02. The van der Waals surface area contributed by atoms with Crippen LogP contribution in [0.2, 0.25) is 5.82 Å². The Hall–Kier alpha value is 0.415. The SMILES string of the molecule is [B][C@@H]1C[C@H](OC(C)(C)[P+](=C)CP(=C)(CC)CC)[C@@H](O)[C@@]1(C)O. The molecular formula is C16H32BO3P2+. The number of aliphatic hydroxyl groups excluding tert-OH is 1. The quantitative estimate of drug-likeness (QED) is 0.551. The Kier molecular flexibility index (Phi) is 6.62. The Morgan fingerprint density at radius 2 is 1.91 bits per heavy atom. The Labute approximate surface area is 138 Å². The third-order valence-electron chi connectivity index (χ3n) is 5.20. The highest BCUT2D eigenvalue weighted by atomic mass is 31.2. The first-order valence-corrected chi connectivity index (χ1v) is 12.3. The molecule has 0 aromatic carbocycles. The summed E-state index contributed by atoms with van der Waals surface area (Å²) in [5, 5.41) is 20.1. The second-order valence-corrected chi connectivity index (χ2v) is 14.5. The van der Waals surface area contributed by atoms with E-state index in [1.807, 2.05) is 13.8 Å². The lowest BCUT2D eigenvalue weighted by Crippen LogP contribution is -2.43. The molecule has 0 spiro atoms. The van der Waals surface area contributed by atoms with Gasteiger partial charge in [0.25, 0.3) is 0 Å². The summed E-state index contributed by atoms with van der Waals surface area (Å²) < 4.78 is 6.18. The highest BCUT2D eigenvalue weighted by Gasteiger charge is 2.51. The van der Waals surface area contributed by atoms with Crippen molar-refractivity contribution in [1.82, 2.24) is 0 Å². The maximum absolute atomic E-state index is 10.3. The summed E-state index contributed by atoms with van der Waals surface area (Å²) in [6, 6.07) is 0. The predicted molar refractivity (Wildman–Crippen MR) is 104 cm³/mol. The fourth-order valence-corrected chi connectivity index (χ4v) is 9.32. The number of rotatable bonds is 7. The van der Waals surface area contributed by atoms with Crippen molar-refractivity contribution in [3.8, 4) is 0 Å². The third kappa shape index (κ3) is 4.28. The van der Waals surface area contributed by atoms with Gasteiger partial charge in [-0.15, -0.1) is 0 Å². The molecule has 1 fully saturated rings. The molecule has 22 heavy (non-hydrogen) atoms. The molecule has 0 heterocycles. The number of hydrogen-bond donors (Lipinski definition) is 2. The molecular weight excluding hydrogens is 313 g/mol. The van der Waals surface area contributed by atoms with Gasteiger partial charge >= 0.3 is 0 Å². The largest absolute Gasteiger partial charge is 0.388 e. The van der Waals surface area contributed by atoms with Gasteiger partial charge in [-0.3, -0.25) is 0 Å². The van der Waals surface area contributed by atoms with Crippen molar-refractivity contribution in [1.29, 1.82) is 0 Å². The minimum Gasteiger partial charge on any atom is -0.388 e. The zero-order valence-electron chi connectivity index (χ0n) is 14.7. The molecule has 5 atom stereocenters. The van der Waals surface area contributed by atoms with Crippen LogP contribution >= 0.6 is 14.4 Å². The van der Waals surface area contributed by atoms with Crippen molar-refractivity contribution in [2.75, 3.05) is 18.2 Å². The molecule has 0 saturated heterocycles. The van der Waals surface area contributed by atoms with Crippen molar-refractivity contribution in [3.63, 3.8) is 0 Å². The molecule has 6 heteroatoms. The van der Waals surface area contributed by atoms with Crippen molar-refractivity contribution in [3.05, 3.63) is 0 Å². The van der Waals surface area contributed by atoms with Gasteiger partial charge in [-0.05, 0) is 31.5 Å². The molecule has 0 aliphatic heterocycles. The second-order valence-electron chi connectivity index (χ2n) is 7.27. The van der Waals surface area contributed by atoms with Crippen molar-refractivity contribution in [2.24, 2.45) is 0 Å². The smallest absolute Gasteiger partial charge is 0.219 e. The van der Waals surface area contributed by atoms with Crippen molar-refractivity contribution in [2.45, 2.75) is 70.0 Å². The molecule has 1 unspecified atom stereocenters. The summed E-state index contributed by atoms with van der Waals surface area (Å²) in [5.41, 5.74) is -1.29. The molecule has 1 aliphatic carbocycles. The molecule has 0 aromatic heterocycles. The van der Waals surface area contributed by atoms with Crippen LogP contribution in [0.4, 0.5) is 0 Å². The summed E-state index contributed by atoms with van der Waals surface area (Å²) >= 11 is 0. The maximum Gasteiger partial charge on any atom is 0.219 e. The van der Waals surface area contributed by atoms with E-state index in [1.165, 1.54) is 0 Å². The summed E-state index contributed by atoms with van der Waals surface area (Å²) in [7, 11) is 5.31. The van der Waals surface area contributed by atoms with E-state index < -0.39 is 43.4 Å². The molecule has 3 nitrogen and oxygen atoms in total. The Morgan fingerprint density at radius 3 is 2.27 bits per heavy atom. The lowest BCUT2D eigenvalue weighted by Gasteiger charge is -2.30. The Bertz CT molecular complexity index is 454. The number of hydrogen-bond acceptors (Lipinski definition) is 3. The topological polar surface area (TPSA) is 49.7 Å². The van der Waals surface area contributed by atoms with Gasteiger partial charge in [0, 0.05) is 13.8 Å². The maximum atomic E-state index is 10.3. The monoisotopic (exact) mass is 345 g/mol. The average molecular weight is 345 g/mol. The van der Waals surface area contributed by atoms with Gasteiger partial charge in [0.1, 0.15) is 19.6 Å². The van der Waals surface area contributed by atoms with Crippen molar-refractivity contribution >= 4 is 34.9 Å². The molecule has 1 saturated carbocycles. The van der Waals surface area contributed by atoms with Crippen LogP contribution in [0.1, 0.15) is 41.0 Å². The fourth-order valence-electron chi connectivity index (χ4n) is 2.73. The Morgan fingerprint density at radius 1 is 1.41 bits per heavy atom. The second kappa shape index (κ2) is 7.12. The highest BCUT2D eigenvalue weighted by molar-refractivity contribution is 7.83. The summed E-state index contributed by atoms with van der Waals surface area (Å²) in [5.74, 6) is 0.568. The lowest BCUT2D eigenvalue weighted by molar-refractivity contribution is -0.116. The van der Waals surface area contributed by atoms with Gasteiger partial charge in [-0.1, -0.05) is 27.0 Å². The molecule has 0 amide bonds. The summed E-state index contributed by atoms with van der Waals surface area (Å²) in [6.07, 6.45) is 10.1. The van der Waals surface area contributed by atoms with Gasteiger partial charge in [0.15, 0.2) is 0 Å². The first-order chi connectivity index (χ1) is 9.89. The first kappa shape index (κ1) is 20.5. The lowest BCUT2D eigenvalue weighted by atomic mass is 9.76. The fraction of sp³-hybridized carbons (Fsp3) is 0.875.